The van der Waals surface area contributed by atoms with Crippen molar-refractivity contribution < 1.29 is 19.8 Å². The Kier molecular flexibility index (Phi) is 4.95. The minimum Gasteiger partial charge on any atom is -0.480 e. The highest BCUT2D eigenvalue weighted by Crippen LogP contribution is 2.18. The van der Waals surface area contributed by atoms with Crippen LogP contribution in [0.2, 0.25) is 0 Å². The summed E-state index contributed by atoms with van der Waals surface area (Å²) < 4.78 is 0. The number of nitrogens with zero attached hydrogens (tertiary/aromatic N) is 1. The van der Waals surface area contributed by atoms with Crippen molar-refractivity contribution in [2.75, 3.05) is 13.1 Å². The zero-order chi connectivity index (χ0) is 13.9. The standard InChI is InChI=1S/C12H22N2O4/c1-7(2)8(3)5-13-12(18)14-6-9(15)4-10(14)11(16)17/h7-10,15H,4-6H2,1-3H3,(H,13,18)(H,16,17)/t8?,9?,10-/m0/s1. The van der Waals surface area contributed by atoms with E-state index < -0.39 is 24.1 Å². The fourth-order valence-corrected chi connectivity index (χ4v) is 1.86. The molecule has 3 atom stereocenters. The molecule has 1 saturated heterocycles. The molecular formula is C12H22N2O4. The molecule has 2 amide bonds. The number of aliphatic hydroxyl groups excluding tert-OH is 1. The number of hydrogen-bond acceptors (Lipinski definition) is 3. The first-order chi connectivity index (χ1) is 8.32. The second-order valence-corrected chi connectivity index (χ2v) is 5.30. The van der Waals surface area contributed by atoms with E-state index >= 15 is 0 Å². The number of hydrogen-bond donors (Lipinski definition) is 3. The van der Waals surface area contributed by atoms with Crippen LogP contribution in [0.5, 0.6) is 0 Å². The van der Waals surface area contributed by atoms with E-state index in [1.807, 2.05) is 6.92 Å². The Bertz CT molecular complexity index is 319. The number of carbonyl (C=O) groups is 2. The molecule has 1 rings (SSSR count). The van der Waals surface area contributed by atoms with E-state index in [1.165, 1.54) is 4.90 Å². The molecule has 0 aromatic carbocycles. The molecule has 6 nitrogen and oxygen atoms in total. The summed E-state index contributed by atoms with van der Waals surface area (Å²) >= 11 is 0. The molecule has 3 N–H and O–H groups in total. The molecule has 1 fully saturated rings. The number of carboxylic acids is 1. The Labute approximate surface area is 107 Å². The van der Waals surface area contributed by atoms with Gasteiger partial charge in [0.2, 0.25) is 0 Å². The maximum atomic E-state index is 11.9. The van der Waals surface area contributed by atoms with Gasteiger partial charge < -0.3 is 20.4 Å². The van der Waals surface area contributed by atoms with Crippen LogP contribution in [-0.2, 0) is 4.79 Å². The highest BCUT2D eigenvalue weighted by Gasteiger charge is 2.38. The topological polar surface area (TPSA) is 89.9 Å². The van der Waals surface area contributed by atoms with Crippen molar-refractivity contribution in [1.82, 2.24) is 10.2 Å². The minimum absolute atomic E-state index is 0.0822. The number of aliphatic carboxylic acids is 1. The number of carbonyl (C=O) groups excluding carboxylic acids is 1. The second-order valence-electron chi connectivity index (χ2n) is 5.30. The third-order valence-corrected chi connectivity index (χ3v) is 3.54. The molecule has 18 heavy (non-hydrogen) atoms. The molecule has 1 aliphatic rings. The van der Waals surface area contributed by atoms with Crippen LogP contribution < -0.4 is 5.32 Å². The number of aliphatic hydroxyl groups is 1. The summed E-state index contributed by atoms with van der Waals surface area (Å²) in [5.41, 5.74) is 0. The monoisotopic (exact) mass is 258 g/mol. The molecule has 0 aliphatic carbocycles. The maximum absolute atomic E-state index is 11.9. The van der Waals surface area contributed by atoms with Crippen molar-refractivity contribution in [3.05, 3.63) is 0 Å². The first-order valence-corrected chi connectivity index (χ1v) is 6.28. The Hall–Kier alpha value is -1.30. The molecule has 104 valence electrons. The van der Waals surface area contributed by atoms with E-state index in [0.717, 1.165) is 0 Å². The van der Waals surface area contributed by atoms with Crippen LogP contribution in [0.15, 0.2) is 0 Å². The smallest absolute Gasteiger partial charge is 0.326 e. The largest absolute Gasteiger partial charge is 0.480 e. The zero-order valence-electron chi connectivity index (χ0n) is 11.1. The van der Waals surface area contributed by atoms with Gasteiger partial charge in [0.25, 0.3) is 0 Å². The molecule has 6 heteroatoms. The Balaban J connectivity index is 2.52. The van der Waals surface area contributed by atoms with Gasteiger partial charge in [-0.2, -0.15) is 0 Å². The molecule has 0 aromatic rings. The van der Waals surface area contributed by atoms with Gasteiger partial charge >= 0.3 is 12.0 Å². The lowest BCUT2D eigenvalue weighted by atomic mass is 9.98. The van der Waals surface area contributed by atoms with Crippen molar-refractivity contribution in [2.24, 2.45) is 11.8 Å². The highest BCUT2D eigenvalue weighted by molar-refractivity contribution is 5.83. The SMILES string of the molecule is CC(C)C(C)CNC(=O)N1CC(O)C[C@H]1C(=O)O. The van der Waals surface area contributed by atoms with Gasteiger partial charge in [0, 0.05) is 19.5 Å². The van der Waals surface area contributed by atoms with Crippen molar-refractivity contribution in [3.8, 4) is 0 Å². The molecule has 1 heterocycles. The summed E-state index contributed by atoms with van der Waals surface area (Å²) in [5.74, 6) is -0.298. The van der Waals surface area contributed by atoms with Gasteiger partial charge in [-0.3, -0.25) is 0 Å². The van der Waals surface area contributed by atoms with Gasteiger partial charge in [-0.25, -0.2) is 9.59 Å². The lowest BCUT2D eigenvalue weighted by Crippen LogP contribution is -2.47. The lowest BCUT2D eigenvalue weighted by molar-refractivity contribution is -0.141. The number of amides is 2. The Morgan fingerprint density at radius 2 is 2.00 bits per heavy atom. The van der Waals surface area contributed by atoms with Crippen molar-refractivity contribution in [2.45, 2.75) is 39.3 Å². The summed E-state index contributed by atoms with van der Waals surface area (Å²) in [4.78, 5) is 24.0. The van der Waals surface area contributed by atoms with E-state index in [0.29, 0.717) is 18.4 Å². The fraction of sp³-hybridized carbons (Fsp3) is 0.833. The van der Waals surface area contributed by atoms with Crippen molar-refractivity contribution >= 4 is 12.0 Å². The normalized spacial score (nSPS) is 25.3. The average Bonchev–Trinajstić information content (AvgIpc) is 2.67. The van der Waals surface area contributed by atoms with Gasteiger partial charge in [-0.05, 0) is 11.8 Å². The van der Waals surface area contributed by atoms with Gasteiger partial charge in [0.15, 0.2) is 0 Å². The Morgan fingerprint density at radius 1 is 1.39 bits per heavy atom. The van der Waals surface area contributed by atoms with Crippen LogP contribution in [0, 0.1) is 11.8 Å². The zero-order valence-corrected chi connectivity index (χ0v) is 11.1. The molecule has 1 aliphatic heterocycles. The van der Waals surface area contributed by atoms with E-state index in [1.54, 1.807) is 0 Å². The molecule has 2 unspecified atom stereocenters. The van der Waals surface area contributed by atoms with Gasteiger partial charge in [0.05, 0.1) is 6.10 Å². The number of nitrogens with one attached hydrogen (secondary N) is 1. The summed E-state index contributed by atoms with van der Waals surface area (Å²) in [7, 11) is 0. The van der Waals surface area contributed by atoms with E-state index in [4.69, 9.17) is 5.11 Å². The second kappa shape index (κ2) is 6.04. The van der Waals surface area contributed by atoms with Crippen LogP contribution in [0.1, 0.15) is 27.2 Å². The number of likely N-dealkylation sites (tertiary alicyclic amines) is 1. The first kappa shape index (κ1) is 14.8. The minimum atomic E-state index is -1.07. The van der Waals surface area contributed by atoms with Crippen molar-refractivity contribution in [3.63, 3.8) is 0 Å². The van der Waals surface area contributed by atoms with E-state index in [-0.39, 0.29) is 13.0 Å². The van der Waals surface area contributed by atoms with E-state index in [2.05, 4.69) is 19.2 Å². The molecule has 0 saturated carbocycles. The van der Waals surface area contributed by atoms with Crippen LogP contribution in [0.25, 0.3) is 0 Å². The number of urea groups is 1. The summed E-state index contributed by atoms with van der Waals surface area (Å²) in [6.07, 6.45) is -0.651. The highest BCUT2D eigenvalue weighted by atomic mass is 16.4. The summed E-state index contributed by atoms with van der Waals surface area (Å²) in [6, 6.07) is -1.33. The van der Waals surface area contributed by atoms with Crippen LogP contribution in [-0.4, -0.2) is 52.3 Å². The third kappa shape index (κ3) is 3.60. The number of carboxylic acid groups (broad SMARTS) is 1. The first-order valence-electron chi connectivity index (χ1n) is 6.28. The van der Waals surface area contributed by atoms with Gasteiger partial charge in [0.1, 0.15) is 6.04 Å². The van der Waals surface area contributed by atoms with Crippen molar-refractivity contribution in [1.29, 1.82) is 0 Å². The maximum Gasteiger partial charge on any atom is 0.326 e. The summed E-state index contributed by atoms with van der Waals surface area (Å²) in [6.45, 7) is 6.75. The predicted octanol–water partition coefficient (Wildman–Crippen LogP) is 0.508. The molecule has 0 aromatic heterocycles. The van der Waals surface area contributed by atoms with E-state index in [9.17, 15) is 14.7 Å². The van der Waals surface area contributed by atoms with Crippen LogP contribution in [0.3, 0.4) is 0 Å². The third-order valence-electron chi connectivity index (χ3n) is 3.54. The van der Waals surface area contributed by atoms with Gasteiger partial charge in [-0.1, -0.05) is 20.8 Å². The molecule has 0 bridgehead atoms. The molecule has 0 radical (unpaired) electrons. The quantitative estimate of drug-likeness (QED) is 0.685. The number of β-amino-alcohol motifs (C(OH)–C–C–N with tert-alkyl or cyclic N) is 1. The summed E-state index contributed by atoms with van der Waals surface area (Å²) in [5, 5.41) is 21.2. The average molecular weight is 258 g/mol. The van der Waals surface area contributed by atoms with Gasteiger partial charge in [-0.15, -0.1) is 0 Å². The molecular weight excluding hydrogens is 236 g/mol. The fourth-order valence-electron chi connectivity index (χ4n) is 1.86. The lowest BCUT2D eigenvalue weighted by Gasteiger charge is -2.23. The predicted molar refractivity (Wildman–Crippen MR) is 66.2 cm³/mol. The number of rotatable bonds is 4. The van der Waals surface area contributed by atoms with Crippen LogP contribution in [0.4, 0.5) is 4.79 Å². The Morgan fingerprint density at radius 3 is 2.50 bits per heavy atom. The molecule has 0 spiro atoms. The van der Waals surface area contributed by atoms with Crippen LogP contribution >= 0.6 is 0 Å².